The van der Waals surface area contributed by atoms with Gasteiger partial charge in [-0.1, -0.05) is 0 Å². The quantitative estimate of drug-likeness (QED) is 0.188. The molecule has 1 aliphatic heterocycles. The zero-order chi connectivity index (χ0) is 26.3. The first kappa shape index (κ1) is 27.2. The molecule has 1 aromatic rings. The highest BCUT2D eigenvalue weighted by Gasteiger charge is 2.40. The van der Waals surface area contributed by atoms with Gasteiger partial charge < -0.3 is 26.6 Å². The highest BCUT2D eigenvalue weighted by molar-refractivity contribution is 7.90. The van der Waals surface area contributed by atoms with E-state index in [4.69, 9.17) is 16.2 Å². The summed E-state index contributed by atoms with van der Waals surface area (Å²) in [6, 6.07) is -0.753. The number of nitrogens with zero attached hydrogens (tertiary/aromatic N) is 1. The molecule has 0 spiro atoms. The van der Waals surface area contributed by atoms with Crippen molar-refractivity contribution >= 4 is 21.9 Å². The molecule has 0 saturated heterocycles. The molecule has 35 heavy (non-hydrogen) atoms. The Morgan fingerprint density at radius 1 is 1.17 bits per heavy atom. The van der Waals surface area contributed by atoms with Gasteiger partial charge in [0.05, 0.1) is 4.90 Å². The van der Waals surface area contributed by atoms with Gasteiger partial charge in [-0.2, -0.15) is 0 Å². The van der Waals surface area contributed by atoms with Crippen LogP contribution in [-0.2, 0) is 21.2 Å². The van der Waals surface area contributed by atoms with Crippen LogP contribution in [0, 0.1) is 20.8 Å². The van der Waals surface area contributed by atoms with Crippen molar-refractivity contribution in [1.29, 1.82) is 0 Å². The molecule has 2 aliphatic rings. The first-order chi connectivity index (χ1) is 16.1. The van der Waals surface area contributed by atoms with Crippen molar-refractivity contribution in [2.24, 2.45) is 16.5 Å². The van der Waals surface area contributed by atoms with Crippen LogP contribution in [0.1, 0.15) is 68.7 Å². The van der Waals surface area contributed by atoms with E-state index in [-0.39, 0.29) is 22.9 Å². The Kier molecular flexibility index (Phi) is 7.46. The summed E-state index contributed by atoms with van der Waals surface area (Å²) >= 11 is 0. The Balaban J connectivity index is 1.61. The van der Waals surface area contributed by atoms with E-state index >= 15 is 0 Å². The van der Waals surface area contributed by atoms with Crippen molar-refractivity contribution in [3.8, 4) is 5.75 Å². The molecule has 1 aliphatic carbocycles. The SMILES string of the molecule is Cc1c(C)c(S(=O)(=O)NC(N)=NCCC[C@H](N)C(O)C(=O)NC2(C)CC2)c(C)c2c1OC(C)(C)C2. The highest BCUT2D eigenvalue weighted by atomic mass is 32.2. The molecule has 196 valence electrons. The molecule has 1 amide bonds. The number of nitrogens with two attached hydrogens (primary N) is 2. The van der Waals surface area contributed by atoms with E-state index in [2.05, 4.69) is 15.0 Å². The largest absolute Gasteiger partial charge is 0.487 e. The van der Waals surface area contributed by atoms with E-state index in [1.165, 1.54) is 0 Å². The summed E-state index contributed by atoms with van der Waals surface area (Å²) < 4.78 is 34.9. The minimum Gasteiger partial charge on any atom is -0.487 e. The smallest absolute Gasteiger partial charge is 0.264 e. The average molecular weight is 510 g/mol. The molecule has 1 aromatic carbocycles. The third-order valence-electron chi connectivity index (χ3n) is 6.88. The molecule has 0 radical (unpaired) electrons. The van der Waals surface area contributed by atoms with E-state index in [9.17, 15) is 18.3 Å². The summed E-state index contributed by atoms with van der Waals surface area (Å²) in [5.41, 5.74) is 14.1. The summed E-state index contributed by atoms with van der Waals surface area (Å²) in [6.07, 6.45) is 1.83. The fourth-order valence-corrected chi connectivity index (χ4v) is 5.96. The summed E-state index contributed by atoms with van der Waals surface area (Å²) in [5, 5.41) is 12.9. The summed E-state index contributed by atoms with van der Waals surface area (Å²) in [7, 11) is -3.97. The maximum atomic E-state index is 13.2. The lowest BCUT2D eigenvalue weighted by molar-refractivity contribution is -0.131. The number of ether oxygens (including phenoxy) is 1. The van der Waals surface area contributed by atoms with Crippen LogP contribution < -0.4 is 26.2 Å². The zero-order valence-electron chi connectivity index (χ0n) is 21.5. The topological polar surface area (TPSA) is 169 Å². The molecule has 3 rings (SSSR count). The zero-order valence-corrected chi connectivity index (χ0v) is 22.3. The van der Waals surface area contributed by atoms with Crippen LogP contribution in [0.3, 0.4) is 0 Å². The number of hydrogen-bond donors (Lipinski definition) is 5. The fraction of sp³-hybridized carbons (Fsp3) is 0.667. The molecule has 2 atom stereocenters. The number of rotatable bonds is 9. The fourth-order valence-electron chi connectivity index (χ4n) is 4.43. The number of benzene rings is 1. The molecule has 11 heteroatoms. The number of fused-ring (bicyclic) bond motifs is 1. The number of carbonyl (C=O) groups is 1. The second kappa shape index (κ2) is 9.59. The van der Waals surface area contributed by atoms with Crippen LogP contribution in [0.25, 0.3) is 0 Å². The molecule has 7 N–H and O–H groups in total. The Morgan fingerprint density at radius 2 is 1.80 bits per heavy atom. The van der Waals surface area contributed by atoms with Crippen molar-refractivity contribution < 1.29 is 23.1 Å². The van der Waals surface area contributed by atoms with Gasteiger partial charge in [0, 0.05) is 30.1 Å². The lowest BCUT2D eigenvalue weighted by Gasteiger charge is -2.20. The van der Waals surface area contributed by atoms with Crippen molar-refractivity contribution in [2.45, 2.75) is 102 Å². The van der Waals surface area contributed by atoms with Gasteiger partial charge in [0.25, 0.3) is 15.9 Å². The standard InChI is InChI=1S/C24H39N5O5S/c1-13-14(2)20(15(3)16-12-23(4,5)34-19(13)16)35(32,33)29-22(26)27-11-7-8-17(25)18(30)21(31)28-24(6)9-10-24/h17-18,30H,7-12,25H2,1-6H3,(H,28,31)(H3,26,27,29)/t17-,18?/m0/s1. The van der Waals surface area contributed by atoms with Gasteiger partial charge in [0.1, 0.15) is 17.5 Å². The number of hydrogen-bond acceptors (Lipinski definition) is 7. The van der Waals surface area contributed by atoms with Crippen molar-refractivity contribution in [3.63, 3.8) is 0 Å². The molecule has 0 bridgehead atoms. The molecule has 1 saturated carbocycles. The highest BCUT2D eigenvalue weighted by Crippen LogP contribution is 2.43. The molecule has 0 aromatic heterocycles. The van der Waals surface area contributed by atoms with Crippen LogP contribution >= 0.6 is 0 Å². The van der Waals surface area contributed by atoms with Crippen LogP contribution in [0.5, 0.6) is 5.75 Å². The van der Waals surface area contributed by atoms with Crippen molar-refractivity contribution in [2.75, 3.05) is 6.54 Å². The number of nitrogens with one attached hydrogen (secondary N) is 2. The second-order valence-corrected chi connectivity index (χ2v) is 12.3. The maximum absolute atomic E-state index is 13.2. The van der Waals surface area contributed by atoms with E-state index < -0.39 is 33.7 Å². The number of aliphatic hydroxyl groups excluding tert-OH is 1. The lowest BCUT2D eigenvalue weighted by Crippen LogP contribution is -2.49. The number of sulfonamides is 1. The lowest BCUT2D eigenvalue weighted by atomic mass is 9.94. The van der Waals surface area contributed by atoms with Crippen LogP contribution in [0.4, 0.5) is 0 Å². The number of aliphatic imine (C=N–C) groups is 1. The molecule has 1 heterocycles. The number of aliphatic hydroxyl groups is 1. The van der Waals surface area contributed by atoms with Crippen LogP contribution in [-0.4, -0.2) is 55.2 Å². The van der Waals surface area contributed by atoms with E-state index in [1.807, 2.05) is 27.7 Å². The third-order valence-corrected chi connectivity index (χ3v) is 8.50. The van der Waals surface area contributed by atoms with Gasteiger partial charge in [0.15, 0.2) is 0 Å². The minimum absolute atomic E-state index is 0.189. The average Bonchev–Trinajstić information content (AvgIpc) is 3.36. The molecule has 10 nitrogen and oxygen atoms in total. The number of carbonyl (C=O) groups excluding carboxylic acids is 1. The summed E-state index contributed by atoms with van der Waals surface area (Å²) in [6.45, 7) is 11.5. The van der Waals surface area contributed by atoms with Gasteiger partial charge in [0.2, 0.25) is 5.96 Å². The third kappa shape index (κ3) is 6.07. The molecular weight excluding hydrogens is 470 g/mol. The second-order valence-electron chi connectivity index (χ2n) is 10.7. The van der Waals surface area contributed by atoms with Gasteiger partial charge in [-0.25, -0.2) is 13.1 Å². The monoisotopic (exact) mass is 509 g/mol. The van der Waals surface area contributed by atoms with Crippen LogP contribution in [0.2, 0.25) is 0 Å². The maximum Gasteiger partial charge on any atom is 0.264 e. The number of guanidine groups is 1. The van der Waals surface area contributed by atoms with Gasteiger partial charge in [-0.15, -0.1) is 0 Å². The molecular formula is C24H39N5O5S. The van der Waals surface area contributed by atoms with Crippen LogP contribution in [0.15, 0.2) is 9.89 Å². The first-order valence-corrected chi connectivity index (χ1v) is 13.5. The summed E-state index contributed by atoms with van der Waals surface area (Å²) in [5.74, 6) is 0.0496. The summed E-state index contributed by atoms with van der Waals surface area (Å²) in [4.78, 5) is 16.4. The van der Waals surface area contributed by atoms with Gasteiger partial charge in [-0.05, 0) is 83.9 Å². The predicted molar refractivity (Wildman–Crippen MR) is 135 cm³/mol. The number of amides is 1. The Bertz CT molecular complexity index is 1140. The van der Waals surface area contributed by atoms with Gasteiger partial charge in [-0.3, -0.25) is 9.79 Å². The normalized spacial score (nSPS) is 19.9. The van der Waals surface area contributed by atoms with Crippen molar-refractivity contribution in [3.05, 3.63) is 22.3 Å². The Labute approximate surface area is 207 Å². The van der Waals surface area contributed by atoms with E-state index in [0.717, 1.165) is 29.7 Å². The minimum atomic E-state index is -3.97. The molecule has 1 fully saturated rings. The predicted octanol–water partition coefficient (Wildman–Crippen LogP) is 1.06. The van der Waals surface area contributed by atoms with Crippen molar-refractivity contribution in [1.82, 2.24) is 10.0 Å². The Morgan fingerprint density at radius 3 is 2.40 bits per heavy atom. The first-order valence-electron chi connectivity index (χ1n) is 12.0. The van der Waals surface area contributed by atoms with E-state index in [0.29, 0.717) is 30.4 Å². The van der Waals surface area contributed by atoms with Gasteiger partial charge >= 0.3 is 0 Å². The Hall–Kier alpha value is -2.37. The molecule has 1 unspecified atom stereocenters. The van der Waals surface area contributed by atoms with E-state index in [1.54, 1.807) is 13.8 Å².